The Labute approximate surface area is 188 Å². The molecule has 3 heterocycles. The maximum atomic E-state index is 13.1. The zero-order valence-corrected chi connectivity index (χ0v) is 18.7. The Bertz CT molecular complexity index is 1560. The number of hydrogen-bond acceptors (Lipinski definition) is 6. The number of aromatic nitrogens is 4. The highest BCUT2D eigenvalue weighted by molar-refractivity contribution is 6.09. The smallest absolute Gasteiger partial charge is 0.327 e. The normalized spacial score (nSPS) is 12.4. The zero-order chi connectivity index (χ0) is 23.3. The van der Waals surface area contributed by atoms with E-state index in [0.717, 1.165) is 22.4 Å². The van der Waals surface area contributed by atoms with Gasteiger partial charge in [0.15, 0.2) is 6.29 Å². The first-order chi connectivity index (χ1) is 15.9. The lowest BCUT2D eigenvalue weighted by atomic mass is 9.99. The van der Waals surface area contributed by atoms with Crippen molar-refractivity contribution in [3.05, 3.63) is 75.7 Å². The first-order valence-electron chi connectivity index (χ1n) is 10.5. The molecule has 0 aliphatic carbocycles. The standard InChI is InChI=1S/C25H22N4O4/c1-13-22(15(3)33-28-13)18-10-19-17(11-21(18)32-4)24-23(20(12-30)26-19)27-25(31)29(24)14(2)16-8-6-5-7-9-16/h5-12,14H,1-4H3,(H,27,31)/t14-/m1/s1. The highest BCUT2D eigenvalue weighted by atomic mass is 16.5. The molecule has 5 aromatic rings. The Morgan fingerprint density at radius 3 is 2.58 bits per heavy atom. The molecule has 1 atom stereocenters. The molecule has 0 bridgehead atoms. The van der Waals surface area contributed by atoms with Gasteiger partial charge >= 0.3 is 5.69 Å². The molecular weight excluding hydrogens is 420 g/mol. The van der Waals surface area contributed by atoms with Crippen LogP contribution in [-0.4, -0.2) is 33.1 Å². The van der Waals surface area contributed by atoms with Crippen LogP contribution in [0.4, 0.5) is 0 Å². The van der Waals surface area contributed by atoms with Crippen molar-refractivity contribution in [3.8, 4) is 16.9 Å². The molecule has 2 aromatic carbocycles. The van der Waals surface area contributed by atoms with E-state index in [1.165, 1.54) is 0 Å². The molecule has 0 fully saturated rings. The van der Waals surface area contributed by atoms with Gasteiger partial charge in [-0.2, -0.15) is 0 Å². The fourth-order valence-corrected chi connectivity index (χ4v) is 4.50. The summed E-state index contributed by atoms with van der Waals surface area (Å²) < 4.78 is 12.7. The summed E-state index contributed by atoms with van der Waals surface area (Å²) in [6.07, 6.45) is 0.662. The Hall–Kier alpha value is -4.20. The molecule has 0 amide bonds. The van der Waals surface area contributed by atoms with E-state index in [0.29, 0.717) is 39.7 Å². The molecule has 166 valence electrons. The van der Waals surface area contributed by atoms with Crippen LogP contribution in [0.15, 0.2) is 51.8 Å². The third kappa shape index (κ3) is 3.14. The molecule has 0 saturated heterocycles. The van der Waals surface area contributed by atoms with Gasteiger partial charge in [-0.3, -0.25) is 9.36 Å². The number of ether oxygens (including phenoxy) is 1. The fourth-order valence-electron chi connectivity index (χ4n) is 4.50. The second-order valence-electron chi connectivity index (χ2n) is 7.99. The number of imidazole rings is 1. The van der Waals surface area contributed by atoms with Crippen molar-refractivity contribution < 1.29 is 14.1 Å². The van der Waals surface area contributed by atoms with Crippen LogP contribution in [0.2, 0.25) is 0 Å². The summed E-state index contributed by atoms with van der Waals surface area (Å²) in [4.78, 5) is 32.4. The number of fused-ring (bicyclic) bond motifs is 3. The molecule has 0 saturated carbocycles. The number of aldehydes is 1. The Kier molecular flexibility index (Phi) is 4.85. The van der Waals surface area contributed by atoms with Crippen LogP contribution in [0.5, 0.6) is 5.75 Å². The van der Waals surface area contributed by atoms with Crippen LogP contribution in [0.3, 0.4) is 0 Å². The van der Waals surface area contributed by atoms with Crippen LogP contribution in [0.1, 0.15) is 40.5 Å². The van der Waals surface area contributed by atoms with Gasteiger partial charge < -0.3 is 14.2 Å². The minimum atomic E-state index is -0.312. The van der Waals surface area contributed by atoms with E-state index in [4.69, 9.17) is 9.26 Å². The Morgan fingerprint density at radius 2 is 1.94 bits per heavy atom. The number of H-pyrrole nitrogens is 1. The van der Waals surface area contributed by atoms with E-state index in [1.807, 2.05) is 63.2 Å². The van der Waals surface area contributed by atoms with Crippen LogP contribution in [0.25, 0.3) is 33.1 Å². The number of aromatic amines is 1. The van der Waals surface area contributed by atoms with Gasteiger partial charge in [-0.1, -0.05) is 35.5 Å². The number of benzene rings is 2. The van der Waals surface area contributed by atoms with Gasteiger partial charge in [0.05, 0.1) is 41.0 Å². The molecule has 0 aliphatic rings. The highest BCUT2D eigenvalue weighted by Crippen LogP contribution is 2.39. The first kappa shape index (κ1) is 20.7. The molecular formula is C25H22N4O4. The minimum Gasteiger partial charge on any atom is -0.496 e. The summed E-state index contributed by atoms with van der Waals surface area (Å²) in [5, 5.41) is 4.75. The van der Waals surface area contributed by atoms with E-state index in [-0.39, 0.29) is 17.4 Å². The largest absolute Gasteiger partial charge is 0.496 e. The molecule has 0 aliphatic heterocycles. The summed E-state index contributed by atoms with van der Waals surface area (Å²) >= 11 is 0. The van der Waals surface area contributed by atoms with Gasteiger partial charge in [-0.05, 0) is 38.5 Å². The second-order valence-corrected chi connectivity index (χ2v) is 7.99. The lowest BCUT2D eigenvalue weighted by Crippen LogP contribution is -2.21. The Morgan fingerprint density at radius 1 is 1.18 bits per heavy atom. The number of carbonyl (C=O) groups is 1. The van der Waals surface area contributed by atoms with E-state index in [2.05, 4.69) is 15.1 Å². The van der Waals surface area contributed by atoms with Gasteiger partial charge in [-0.15, -0.1) is 0 Å². The number of carbonyl (C=O) groups excluding carboxylic acids is 1. The third-order valence-corrected chi connectivity index (χ3v) is 6.08. The van der Waals surface area contributed by atoms with Gasteiger partial charge in [0.25, 0.3) is 0 Å². The van der Waals surface area contributed by atoms with E-state index >= 15 is 0 Å². The number of aryl methyl sites for hydroxylation is 2. The molecule has 8 heteroatoms. The SMILES string of the molecule is COc1cc2c(cc1-c1c(C)noc1C)nc(C=O)c1[nH]c(=O)n([C@H](C)c3ccccc3)c12. The van der Waals surface area contributed by atoms with Crippen LogP contribution in [0, 0.1) is 13.8 Å². The highest BCUT2D eigenvalue weighted by Gasteiger charge is 2.23. The molecule has 0 spiro atoms. The molecule has 8 nitrogen and oxygen atoms in total. The first-order valence-corrected chi connectivity index (χ1v) is 10.5. The van der Waals surface area contributed by atoms with Gasteiger partial charge in [0.1, 0.15) is 17.2 Å². The predicted octanol–water partition coefficient (Wildman–Crippen LogP) is 4.58. The number of nitrogens with zero attached hydrogens (tertiary/aromatic N) is 3. The maximum absolute atomic E-state index is 13.1. The quantitative estimate of drug-likeness (QED) is 0.400. The van der Waals surface area contributed by atoms with Crippen LogP contribution in [-0.2, 0) is 0 Å². The molecule has 0 unspecified atom stereocenters. The molecule has 3 aromatic heterocycles. The monoisotopic (exact) mass is 442 g/mol. The van der Waals surface area contributed by atoms with Crippen molar-refractivity contribution in [1.82, 2.24) is 19.7 Å². The molecule has 5 rings (SSSR count). The van der Waals surface area contributed by atoms with Crippen molar-refractivity contribution in [2.75, 3.05) is 7.11 Å². The average Bonchev–Trinajstić information content (AvgIpc) is 3.35. The fraction of sp³-hybridized carbons (Fsp3) is 0.200. The number of methoxy groups -OCH3 is 1. The number of nitrogens with one attached hydrogen (secondary N) is 1. The number of rotatable bonds is 5. The number of pyridine rings is 1. The summed E-state index contributed by atoms with van der Waals surface area (Å²) in [5.41, 5.74) is 4.68. The molecule has 1 N–H and O–H groups in total. The summed E-state index contributed by atoms with van der Waals surface area (Å²) in [6, 6.07) is 13.2. The lowest BCUT2D eigenvalue weighted by molar-refractivity contribution is 0.112. The summed E-state index contributed by atoms with van der Waals surface area (Å²) in [6.45, 7) is 5.64. The van der Waals surface area contributed by atoms with Crippen molar-refractivity contribution in [3.63, 3.8) is 0 Å². The topological polar surface area (TPSA) is 103 Å². The van der Waals surface area contributed by atoms with Gasteiger partial charge in [0, 0.05) is 10.9 Å². The third-order valence-electron chi connectivity index (χ3n) is 6.08. The Balaban J connectivity index is 1.89. The van der Waals surface area contributed by atoms with E-state index < -0.39 is 0 Å². The van der Waals surface area contributed by atoms with Crippen molar-refractivity contribution in [1.29, 1.82) is 0 Å². The van der Waals surface area contributed by atoms with Crippen LogP contribution >= 0.6 is 0 Å². The maximum Gasteiger partial charge on any atom is 0.327 e. The predicted molar refractivity (Wildman–Crippen MR) is 125 cm³/mol. The van der Waals surface area contributed by atoms with Gasteiger partial charge in [0.2, 0.25) is 0 Å². The van der Waals surface area contributed by atoms with Crippen molar-refractivity contribution in [2.24, 2.45) is 0 Å². The minimum absolute atomic E-state index is 0.170. The molecule has 33 heavy (non-hydrogen) atoms. The van der Waals surface area contributed by atoms with Crippen molar-refractivity contribution >= 4 is 28.2 Å². The lowest BCUT2D eigenvalue weighted by Gasteiger charge is -2.16. The van der Waals surface area contributed by atoms with Crippen molar-refractivity contribution in [2.45, 2.75) is 26.8 Å². The van der Waals surface area contributed by atoms with Gasteiger partial charge in [-0.25, -0.2) is 9.78 Å². The summed E-state index contributed by atoms with van der Waals surface area (Å²) in [5.74, 6) is 1.24. The zero-order valence-electron chi connectivity index (χ0n) is 18.7. The second kappa shape index (κ2) is 7.74. The summed E-state index contributed by atoms with van der Waals surface area (Å²) in [7, 11) is 1.59. The van der Waals surface area contributed by atoms with E-state index in [1.54, 1.807) is 11.7 Å². The average molecular weight is 442 g/mol. The molecule has 0 radical (unpaired) electrons. The van der Waals surface area contributed by atoms with E-state index in [9.17, 15) is 9.59 Å². The van der Waals surface area contributed by atoms with Crippen LogP contribution < -0.4 is 10.4 Å². The number of hydrogen-bond donors (Lipinski definition) is 1.